The van der Waals surface area contributed by atoms with Crippen LogP contribution in [0.2, 0.25) is 0 Å². The molecule has 1 atom stereocenters. The van der Waals surface area contributed by atoms with Gasteiger partial charge in [0.15, 0.2) is 11.6 Å². The monoisotopic (exact) mass is 185 g/mol. The molecule has 1 rings (SSSR count). The van der Waals surface area contributed by atoms with E-state index in [0.29, 0.717) is 0 Å². The predicted molar refractivity (Wildman–Crippen MR) is 45.1 cm³/mol. The zero-order valence-electron chi connectivity index (χ0n) is 6.80. The van der Waals surface area contributed by atoms with Crippen LogP contribution in [-0.2, 0) is 0 Å². The summed E-state index contributed by atoms with van der Waals surface area (Å²) in [6, 6.07) is 0.841. The minimum atomic E-state index is -0.907. The normalized spacial score (nSPS) is 12.5. The fourth-order valence-electron chi connectivity index (χ4n) is 0.992. The summed E-state index contributed by atoms with van der Waals surface area (Å²) in [6.45, 7) is 3.32. The fraction of sp³-hybridized carbons (Fsp3) is 0.111. The molecule has 3 N–H and O–H groups in total. The molecule has 70 valence electrons. The lowest BCUT2D eigenvalue weighted by molar-refractivity contribution is 0.415. The number of phenolic OH excluding ortho intramolecular Hbond substituents is 1. The van der Waals surface area contributed by atoms with Crippen LogP contribution in [0.5, 0.6) is 5.75 Å². The first-order valence-corrected chi connectivity index (χ1v) is 3.63. The lowest BCUT2D eigenvalue weighted by Gasteiger charge is -2.10. The van der Waals surface area contributed by atoms with E-state index in [-0.39, 0.29) is 5.56 Å². The largest absolute Gasteiger partial charge is 0.505 e. The van der Waals surface area contributed by atoms with Gasteiger partial charge in [-0.1, -0.05) is 6.08 Å². The Bertz CT molecular complexity index is 339. The highest BCUT2D eigenvalue weighted by atomic mass is 19.1. The molecule has 2 nitrogen and oxygen atoms in total. The van der Waals surface area contributed by atoms with Crippen LogP contribution in [0.3, 0.4) is 0 Å². The third-order valence-electron chi connectivity index (χ3n) is 1.70. The maximum atomic E-state index is 13.0. The molecule has 0 aliphatic carbocycles. The maximum absolute atomic E-state index is 13.0. The lowest BCUT2D eigenvalue weighted by atomic mass is 10.1. The third kappa shape index (κ3) is 1.67. The van der Waals surface area contributed by atoms with Gasteiger partial charge in [0.25, 0.3) is 0 Å². The van der Waals surface area contributed by atoms with Crippen molar-refractivity contribution in [2.75, 3.05) is 0 Å². The molecule has 1 aromatic carbocycles. The number of hydrogen-bond acceptors (Lipinski definition) is 2. The summed E-state index contributed by atoms with van der Waals surface area (Å²) in [5.74, 6) is -2.40. The van der Waals surface area contributed by atoms with Crippen LogP contribution < -0.4 is 5.73 Å². The molecule has 0 aromatic heterocycles. The van der Waals surface area contributed by atoms with Crippen LogP contribution in [0.15, 0.2) is 24.8 Å². The van der Waals surface area contributed by atoms with Gasteiger partial charge in [0.05, 0.1) is 11.6 Å². The minimum Gasteiger partial charge on any atom is -0.505 e. The Hall–Kier alpha value is -1.42. The quantitative estimate of drug-likeness (QED) is 0.691. The van der Waals surface area contributed by atoms with E-state index in [9.17, 15) is 8.78 Å². The number of halogens is 2. The summed E-state index contributed by atoms with van der Waals surface area (Å²) in [5, 5.41) is 9.14. The molecule has 0 amide bonds. The maximum Gasteiger partial charge on any atom is 0.165 e. The highest BCUT2D eigenvalue weighted by molar-refractivity contribution is 5.38. The fourth-order valence-corrected chi connectivity index (χ4v) is 0.992. The van der Waals surface area contributed by atoms with Gasteiger partial charge in [-0.25, -0.2) is 8.78 Å². The van der Waals surface area contributed by atoms with E-state index in [0.717, 1.165) is 12.1 Å². The van der Waals surface area contributed by atoms with Gasteiger partial charge < -0.3 is 10.8 Å². The number of hydrogen-bond donors (Lipinski definition) is 2. The summed E-state index contributed by atoms with van der Waals surface area (Å²) in [4.78, 5) is 0. The number of benzene rings is 1. The van der Waals surface area contributed by atoms with Gasteiger partial charge in [-0.05, 0) is 12.1 Å². The molecule has 0 aliphatic heterocycles. The van der Waals surface area contributed by atoms with Gasteiger partial charge >= 0.3 is 0 Å². The number of aromatic hydroxyl groups is 1. The van der Waals surface area contributed by atoms with Gasteiger partial charge in [0.1, 0.15) is 5.82 Å². The van der Waals surface area contributed by atoms with Crippen molar-refractivity contribution < 1.29 is 13.9 Å². The first-order valence-electron chi connectivity index (χ1n) is 3.63. The molecule has 0 unspecified atom stereocenters. The van der Waals surface area contributed by atoms with Crippen molar-refractivity contribution in [1.82, 2.24) is 0 Å². The molecule has 0 heterocycles. The summed E-state index contributed by atoms with van der Waals surface area (Å²) in [5.41, 5.74) is 5.11. The van der Waals surface area contributed by atoms with Crippen molar-refractivity contribution in [2.45, 2.75) is 6.04 Å². The van der Waals surface area contributed by atoms with Crippen molar-refractivity contribution in [3.8, 4) is 5.75 Å². The van der Waals surface area contributed by atoms with Crippen LogP contribution >= 0.6 is 0 Å². The van der Waals surface area contributed by atoms with Gasteiger partial charge in [-0.15, -0.1) is 6.58 Å². The third-order valence-corrected chi connectivity index (χ3v) is 1.70. The van der Waals surface area contributed by atoms with E-state index >= 15 is 0 Å². The lowest BCUT2D eigenvalue weighted by Crippen LogP contribution is -2.09. The highest BCUT2D eigenvalue weighted by Crippen LogP contribution is 2.28. The van der Waals surface area contributed by atoms with Crippen molar-refractivity contribution in [1.29, 1.82) is 0 Å². The Kier molecular flexibility index (Phi) is 2.63. The van der Waals surface area contributed by atoms with Crippen LogP contribution in [0.4, 0.5) is 8.78 Å². The Morgan fingerprint density at radius 2 is 1.92 bits per heavy atom. The Morgan fingerprint density at radius 3 is 2.46 bits per heavy atom. The molecule has 13 heavy (non-hydrogen) atoms. The van der Waals surface area contributed by atoms with E-state index in [1.54, 1.807) is 0 Å². The molecular formula is C9H9F2NO. The van der Waals surface area contributed by atoms with Crippen molar-refractivity contribution in [3.05, 3.63) is 42.0 Å². The second-order valence-electron chi connectivity index (χ2n) is 2.55. The van der Waals surface area contributed by atoms with Gasteiger partial charge in [-0.2, -0.15) is 0 Å². The first kappa shape index (κ1) is 9.67. The highest BCUT2D eigenvalue weighted by Gasteiger charge is 2.16. The first-order chi connectivity index (χ1) is 6.07. The van der Waals surface area contributed by atoms with Crippen LogP contribution in [0.25, 0.3) is 0 Å². The SMILES string of the molecule is C=C[C@H](N)c1c(F)ccc(F)c1O. The van der Waals surface area contributed by atoms with Crippen molar-refractivity contribution in [3.63, 3.8) is 0 Å². The van der Waals surface area contributed by atoms with Crippen LogP contribution in [-0.4, -0.2) is 5.11 Å². The summed E-state index contributed by atoms with van der Waals surface area (Å²) < 4.78 is 25.8. The summed E-state index contributed by atoms with van der Waals surface area (Å²) in [6.07, 6.45) is 1.22. The zero-order chi connectivity index (χ0) is 10.0. The van der Waals surface area contributed by atoms with Crippen LogP contribution in [0.1, 0.15) is 11.6 Å². The second kappa shape index (κ2) is 3.53. The Labute approximate surface area is 74.3 Å². The Balaban J connectivity index is 3.32. The zero-order valence-corrected chi connectivity index (χ0v) is 6.80. The van der Waals surface area contributed by atoms with E-state index < -0.39 is 23.4 Å². The number of rotatable bonds is 2. The van der Waals surface area contributed by atoms with E-state index in [2.05, 4.69) is 6.58 Å². The van der Waals surface area contributed by atoms with Gasteiger partial charge in [0.2, 0.25) is 0 Å². The molecule has 0 saturated carbocycles. The molecule has 1 aromatic rings. The average Bonchev–Trinajstić information content (AvgIpc) is 2.12. The van der Waals surface area contributed by atoms with E-state index in [4.69, 9.17) is 10.8 Å². The molecular weight excluding hydrogens is 176 g/mol. The topological polar surface area (TPSA) is 46.2 Å². The number of nitrogens with two attached hydrogens (primary N) is 1. The second-order valence-corrected chi connectivity index (χ2v) is 2.55. The molecule has 0 radical (unpaired) electrons. The summed E-state index contributed by atoms with van der Waals surface area (Å²) >= 11 is 0. The average molecular weight is 185 g/mol. The molecule has 0 aliphatic rings. The van der Waals surface area contributed by atoms with Crippen molar-refractivity contribution in [2.24, 2.45) is 5.73 Å². The molecule has 0 saturated heterocycles. The summed E-state index contributed by atoms with van der Waals surface area (Å²) in [7, 11) is 0. The van der Waals surface area contributed by atoms with Crippen molar-refractivity contribution >= 4 is 0 Å². The Morgan fingerprint density at radius 1 is 1.38 bits per heavy atom. The molecule has 4 heteroatoms. The molecule has 0 spiro atoms. The van der Waals surface area contributed by atoms with Gasteiger partial charge in [0, 0.05) is 0 Å². The molecule has 0 bridgehead atoms. The minimum absolute atomic E-state index is 0.269. The molecule has 0 fully saturated rings. The smallest absolute Gasteiger partial charge is 0.165 e. The van der Waals surface area contributed by atoms with E-state index in [1.165, 1.54) is 6.08 Å². The number of phenols is 1. The van der Waals surface area contributed by atoms with Crippen LogP contribution in [0, 0.1) is 11.6 Å². The standard InChI is InChI=1S/C9H9F2NO/c1-2-7(12)8-5(10)3-4-6(11)9(8)13/h2-4,7,13H,1,12H2/t7-/m0/s1. The van der Waals surface area contributed by atoms with E-state index in [1.807, 2.05) is 0 Å². The predicted octanol–water partition coefficient (Wildman–Crippen LogP) is 1.86. The van der Waals surface area contributed by atoms with Gasteiger partial charge in [-0.3, -0.25) is 0 Å².